The molecule has 0 radical (unpaired) electrons. The Hall–Kier alpha value is -1.24. The van der Waals surface area contributed by atoms with Crippen molar-refractivity contribution in [2.24, 2.45) is 5.92 Å². The van der Waals surface area contributed by atoms with Crippen LogP contribution in [0.4, 0.5) is 5.13 Å². The maximum atomic E-state index is 11.5. The van der Waals surface area contributed by atoms with Gasteiger partial charge in [-0.25, -0.2) is 4.98 Å². The van der Waals surface area contributed by atoms with Crippen LogP contribution in [0.15, 0.2) is 12.1 Å². The minimum Gasteiger partial charge on any atom is -0.308 e. The Bertz CT molecular complexity index is 643. The van der Waals surface area contributed by atoms with Crippen molar-refractivity contribution in [3.05, 3.63) is 22.7 Å². The number of amides is 1. The quantitative estimate of drug-likeness (QED) is 0.825. The lowest BCUT2D eigenvalue weighted by atomic mass is 10.2. The Labute approximate surface area is 131 Å². The summed E-state index contributed by atoms with van der Waals surface area (Å²) in [5, 5.41) is 7.11. The predicted octanol–water partition coefficient (Wildman–Crippen LogP) is 3.73. The summed E-state index contributed by atoms with van der Waals surface area (Å²) in [6.45, 7) is 5.56. The molecule has 0 saturated carbocycles. The van der Waals surface area contributed by atoms with E-state index in [0.29, 0.717) is 10.2 Å². The number of aromatic nitrogens is 1. The zero-order valence-corrected chi connectivity index (χ0v) is 13.7. The zero-order chi connectivity index (χ0) is 14.9. The fourth-order valence-electron chi connectivity index (χ4n) is 1.49. The summed E-state index contributed by atoms with van der Waals surface area (Å²) in [6.07, 6.45) is 0. The largest absolute Gasteiger partial charge is 0.308 e. The molecule has 20 heavy (non-hydrogen) atoms. The molecule has 2 aromatic rings. The first-order valence-electron chi connectivity index (χ1n) is 6.05. The second-order valence-corrected chi connectivity index (χ2v) is 6.53. The van der Waals surface area contributed by atoms with Crippen LogP contribution in [0.3, 0.4) is 0 Å². The van der Waals surface area contributed by atoms with E-state index in [2.05, 4.69) is 15.6 Å². The third-order valence-electron chi connectivity index (χ3n) is 2.65. The average Bonchev–Trinajstić information content (AvgIpc) is 2.70. The van der Waals surface area contributed by atoms with Crippen molar-refractivity contribution in [1.29, 1.82) is 0 Å². The second-order valence-electron chi connectivity index (χ2n) is 4.69. The molecule has 7 heteroatoms. The molecule has 2 N–H and O–H groups in total. The number of halogens is 1. The van der Waals surface area contributed by atoms with Crippen LogP contribution in [-0.2, 0) is 4.79 Å². The van der Waals surface area contributed by atoms with Gasteiger partial charge in [0.25, 0.3) is 0 Å². The van der Waals surface area contributed by atoms with Gasteiger partial charge in [-0.1, -0.05) is 36.8 Å². The Balaban J connectivity index is 2.14. The summed E-state index contributed by atoms with van der Waals surface area (Å²) in [4.78, 5) is 15.9. The molecule has 0 bridgehead atoms. The molecule has 4 nitrogen and oxygen atoms in total. The van der Waals surface area contributed by atoms with E-state index >= 15 is 0 Å². The summed E-state index contributed by atoms with van der Waals surface area (Å²) in [6, 6.07) is 3.81. The van der Waals surface area contributed by atoms with Gasteiger partial charge in [-0.2, -0.15) is 0 Å². The number of aryl methyl sites for hydroxylation is 1. The van der Waals surface area contributed by atoms with Gasteiger partial charge in [-0.15, -0.1) is 0 Å². The number of fused-ring (bicyclic) bond motifs is 1. The van der Waals surface area contributed by atoms with Gasteiger partial charge in [0.1, 0.15) is 0 Å². The first-order valence-corrected chi connectivity index (χ1v) is 7.65. The Kier molecular flexibility index (Phi) is 4.57. The van der Waals surface area contributed by atoms with Crippen LogP contribution in [-0.4, -0.2) is 16.0 Å². The highest BCUT2D eigenvalue weighted by molar-refractivity contribution is 7.80. The van der Waals surface area contributed by atoms with E-state index in [1.165, 1.54) is 11.3 Å². The number of hydrogen-bond acceptors (Lipinski definition) is 4. The topological polar surface area (TPSA) is 54.0 Å². The molecule has 2 rings (SSSR count). The molecule has 0 saturated heterocycles. The predicted molar refractivity (Wildman–Crippen MR) is 88.6 cm³/mol. The molecule has 106 valence electrons. The van der Waals surface area contributed by atoms with Crippen molar-refractivity contribution < 1.29 is 4.79 Å². The number of thiocarbonyl (C=S) groups is 1. The molecule has 1 aromatic carbocycles. The van der Waals surface area contributed by atoms with Gasteiger partial charge in [0, 0.05) is 10.9 Å². The van der Waals surface area contributed by atoms with E-state index in [1.54, 1.807) is 13.8 Å². The van der Waals surface area contributed by atoms with Gasteiger partial charge in [0.15, 0.2) is 10.2 Å². The number of nitrogens with one attached hydrogen (secondary N) is 2. The van der Waals surface area contributed by atoms with Crippen molar-refractivity contribution in [3.8, 4) is 0 Å². The number of carbonyl (C=O) groups excluding carboxylic acids is 1. The minimum absolute atomic E-state index is 0.119. The average molecular weight is 328 g/mol. The Morgan fingerprint density at radius 1 is 1.45 bits per heavy atom. The molecule has 0 fully saturated rings. The normalized spacial score (nSPS) is 10.8. The van der Waals surface area contributed by atoms with Crippen LogP contribution in [0, 0.1) is 12.8 Å². The van der Waals surface area contributed by atoms with Gasteiger partial charge >= 0.3 is 0 Å². The smallest absolute Gasteiger partial charge is 0.228 e. The molecule has 0 aliphatic heterocycles. The minimum atomic E-state index is -0.123. The lowest BCUT2D eigenvalue weighted by molar-refractivity contribution is -0.122. The SMILES string of the molecule is Cc1cc2sc(NC(=S)NC(=O)C(C)C)nc2cc1Cl. The fraction of sp³-hybridized carbons (Fsp3) is 0.308. The van der Waals surface area contributed by atoms with Gasteiger partial charge in [0.2, 0.25) is 5.91 Å². The van der Waals surface area contributed by atoms with E-state index in [-0.39, 0.29) is 16.9 Å². The Morgan fingerprint density at radius 2 is 2.15 bits per heavy atom. The molecule has 1 amide bonds. The number of nitrogens with zero attached hydrogens (tertiary/aromatic N) is 1. The van der Waals surface area contributed by atoms with Crippen LogP contribution in [0.1, 0.15) is 19.4 Å². The molecular formula is C13H14ClN3OS2. The highest BCUT2D eigenvalue weighted by atomic mass is 35.5. The number of hydrogen-bond donors (Lipinski definition) is 2. The number of anilines is 1. The number of carbonyl (C=O) groups is 1. The lowest BCUT2D eigenvalue weighted by Crippen LogP contribution is -2.36. The molecule has 0 aliphatic rings. The van der Waals surface area contributed by atoms with Gasteiger partial charge in [-0.05, 0) is 36.8 Å². The monoisotopic (exact) mass is 327 g/mol. The Morgan fingerprint density at radius 3 is 2.80 bits per heavy atom. The van der Waals surface area contributed by atoms with E-state index in [4.69, 9.17) is 23.8 Å². The first kappa shape index (κ1) is 15.2. The molecular weight excluding hydrogens is 314 g/mol. The van der Waals surface area contributed by atoms with Crippen LogP contribution in [0.5, 0.6) is 0 Å². The van der Waals surface area contributed by atoms with Crippen molar-refractivity contribution in [1.82, 2.24) is 10.3 Å². The molecule has 0 spiro atoms. The summed E-state index contributed by atoms with van der Waals surface area (Å²) in [5.41, 5.74) is 1.82. The molecule has 0 unspecified atom stereocenters. The third-order valence-corrected chi connectivity index (χ3v) is 4.20. The molecule has 1 aromatic heterocycles. The summed E-state index contributed by atoms with van der Waals surface area (Å²) < 4.78 is 1.02. The second kappa shape index (κ2) is 6.03. The molecule has 1 heterocycles. The number of thiazole rings is 1. The van der Waals surface area contributed by atoms with E-state index in [9.17, 15) is 4.79 Å². The van der Waals surface area contributed by atoms with Crippen LogP contribution in [0.2, 0.25) is 5.02 Å². The zero-order valence-electron chi connectivity index (χ0n) is 11.3. The van der Waals surface area contributed by atoms with Gasteiger partial charge in [0.05, 0.1) is 10.2 Å². The highest BCUT2D eigenvalue weighted by Gasteiger charge is 2.11. The van der Waals surface area contributed by atoms with E-state index in [1.807, 2.05) is 19.1 Å². The number of benzene rings is 1. The van der Waals surface area contributed by atoms with Gasteiger partial charge < -0.3 is 10.6 Å². The first-order chi connectivity index (χ1) is 9.36. The molecule has 0 atom stereocenters. The fourth-order valence-corrected chi connectivity index (χ4v) is 2.86. The van der Waals surface area contributed by atoms with Crippen molar-refractivity contribution >= 4 is 61.5 Å². The third kappa shape index (κ3) is 3.45. The van der Waals surface area contributed by atoms with Crippen molar-refractivity contribution in [3.63, 3.8) is 0 Å². The highest BCUT2D eigenvalue weighted by Crippen LogP contribution is 2.30. The van der Waals surface area contributed by atoms with Crippen LogP contribution in [0.25, 0.3) is 10.2 Å². The summed E-state index contributed by atoms with van der Waals surface area (Å²) in [7, 11) is 0. The standard InChI is InChI=1S/C13H14ClN3OS2/c1-6(2)11(18)16-12(19)17-13-15-9-5-8(14)7(3)4-10(9)20-13/h4-6H,1-3H3,(H2,15,16,17,18,19). The van der Waals surface area contributed by atoms with Crippen LogP contribution >= 0.6 is 35.2 Å². The van der Waals surface area contributed by atoms with Crippen molar-refractivity contribution in [2.45, 2.75) is 20.8 Å². The van der Waals surface area contributed by atoms with Crippen molar-refractivity contribution in [2.75, 3.05) is 5.32 Å². The maximum Gasteiger partial charge on any atom is 0.228 e. The lowest BCUT2D eigenvalue weighted by Gasteiger charge is -2.08. The van der Waals surface area contributed by atoms with Crippen LogP contribution < -0.4 is 10.6 Å². The number of rotatable bonds is 2. The maximum absolute atomic E-state index is 11.5. The molecule has 0 aliphatic carbocycles. The summed E-state index contributed by atoms with van der Waals surface area (Å²) in [5.74, 6) is -0.242. The van der Waals surface area contributed by atoms with E-state index in [0.717, 1.165) is 15.8 Å². The summed E-state index contributed by atoms with van der Waals surface area (Å²) >= 11 is 12.6. The van der Waals surface area contributed by atoms with Gasteiger partial charge in [-0.3, -0.25) is 4.79 Å². The van der Waals surface area contributed by atoms with E-state index < -0.39 is 0 Å².